The van der Waals surface area contributed by atoms with Gasteiger partial charge in [0.15, 0.2) is 0 Å². The molecule has 1 aliphatic heterocycles. The van der Waals surface area contributed by atoms with Crippen LogP contribution in [-0.2, 0) is 0 Å². The Hall–Kier alpha value is -0.0800. The van der Waals surface area contributed by atoms with Gasteiger partial charge in [-0.25, -0.2) is 0 Å². The number of likely N-dealkylation sites (tertiary alicyclic amines) is 1. The molecular formula is C17H34N2. The monoisotopic (exact) mass is 266 g/mol. The molecule has 2 fully saturated rings. The fourth-order valence-corrected chi connectivity index (χ4v) is 4.45. The normalized spacial score (nSPS) is 39.6. The van der Waals surface area contributed by atoms with E-state index in [-0.39, 0.29) is 0 Å². The van der Waals surface area contributed by atoms with Gasteiger partial charge in [-0.05, 0) is 62.3 Å². The quantitative estimate of drug-likeness (QED) is 0.841. The lowest BCUT2D eigenvalue weighted by molar-refractivity contribution is 0.0290. The lowest BCUT2D eigenvalue weighted by Gasteiger charge is -2.48. The van der Waals surface area contributed by atoms with Crippen LogP contribution in [0.4, 0.5) is 0 Å². The van der Waals surface area contributed by atoms with Crippen LogP contribution in [0, 0.1) is 17.3 Å². The first-order chi connectivity index (χ1) is 9.01. The number of hydrogen-bond donors (Lipinski definition) is 1. The Morgan fingerprint density at radius 3 is 2.26 bits per heavy atom. The molecule has 112 valence electrons. The zero-order valence-electron chi connectivity index (χ0n) is 13.5. The topological polar surface area (TPSA) is 29.3 Å². The molecule has 2 heteroatoms. The molecule has 19 heavy (non-hydrogen) atoms. The van der Waals surface area contributed by atoms with Crippen LogP contribution in [0.2, 0.25) is 0 Å². The van der Waals surface area contributed by atoms with Crippen molar-refractivity contribution in [2.24, 2.45) is 23.0 Å². The van der Waals surface area contributed by atoms with E-state index in [9.17, 15) is 0 Å². The maximum absolute atomic E-state index is 6.26. The molecule has 2 aliphatic rings. The van der Waals surface area contributed by atoms with Crippen LogP contribution in [0.3, 0.4) is 0 Å². The van der Waals surface area contributed by atoms with E-state index in [1.807, 2.05) is 0 Å². The highest BCUT2D eigenvalue weighted by Crippen LogP contribution is 2.45. The molecule has 0 aromatic rings. The van der Waals surface area contributed by atoms with Crippen LogP contribution >= 0.6 is 0 Å². The van der Waals surface area contributed by atoms with Crippen molar-refractivity contribution >= 4 is 0 Å². The minimum absolute atomic E-state index is 0.317. The van der Waals surface area contributed by atoms with Crippen molar-refractivity contribution < 1.29 is 0 Å². The first-order valence-electron chi connectivity index (χ1n) is 8.46. The minimum Gasteiger partial charge on any atom is -0.329 e. The fraction of sp³-hybridized carbons (Fsp3) is 1.00. The Morgan fingerprint density at radius 2 is 1.79 bits per heavy atom. The molecule has 3 unspecified atom stereocenters. The first-order valence-corrected chi connectivity index (χ1v) is 8.46. The van der Waals surface area contributed by atoms with E-state index >= 15 is 0 Å². The van der Waals surface area contributed by atoms with Crippen LogP contribution in [0.15, 0.2) is 0 Å². The molecule has 2 rings (SSSR count). The summed E-state index contributed by atoms with van der Waals surface area (Å²) in [5, 5.41) is 0. The van der Waals surface area contributed by atoms with E-state index in [2.05, 4.69) is 32.6 Å². The lowest BCUT2D eigenvalue weighted by Crippen LogP contribution is -2.56. The third-order valence-corrected chi connectivity index (χ3v) is 6.73. The van der Waals surface area contributed by atoms with Crippen LogP contribution in [0.25, 0.3) is 0 Å². The maximum Gasteiger partial charge on any atom is 0.0334 e. The highest BCUT2D eigenvalue weighted by molar-refractivity contribution is 5.02. The third kappa shape index (κ3) is 2.71. The average molecular weight is 266 g/mol. The fourth-order valence-electron chi connectivity index (χ4n) is 4.45. The van der Waals surface area contributed by atoms with Gasteiger partial charge >= 0.3 is 0 Å². The molecule has 0 radical (unpaired) electrons. The number of rotatable bonds is 4. The highest BCUT2D eigenvalue weighted by Gasteiger charge is 2.47. The standard InChI is InChI=1S/C17H34N2/c1-5-16(6-2)9-10-19(13-16)17(12-18)8-7-14(3)15(4)11-17/h14-15H,5-13,18H2,1-4H3. The van der Waals surface area contributed by atoms with E-state index in [1.165, 1.54) is 51.6 Å². The van der Waals surface area contributed by atoms with Crippen molar-refractivity contribution in [3.05, 3.63) is 0 Å². The Bertz CT molecular complexity index is 298. The Balaban J connectivity index is 2.11. The van der Waals surface area contributed by atoms with Crippen molar-refractivity contribution in [3.63, 3.8) is 0 Å². The van der Waals surface area contributed by atoms with Gasteiger partial charge in [0.1, 0.15) is 0 Å². The summed E-state index contributed by atoms with van der Waals surface area (Å²) < 4.78 is 0. The highest BCUT2D eigenvalue weighted by atomic mass is 15.2. The van der Waals surface area contributed by atoms with Gasteiger partial charge in [0.25, 0.3) is 0 Å². The van der Waals surface area contributed by atoms with Crippen molar-refractivity contribution in [1.29, 1.82) is 0 Å². The molecule has 1 saturated heterocycles. The van der Waals surface area contributed by atoms with Crippen LogP contribution < -0.4 is 5.73 Å². The van der Waals surface area contributed by atoms with Gasteiger partial charge in [-0.15, -0.1) is 0 Å². The van der Waals surface area contributed by atoms with Gasteiger partial charge in [-0.1, -0.05) is 27.7 Å². The Labute approximate surface area is 120 Å². The van der Waals surface area contributed by atoms with Crippen molar-refractivity contribution in [2.45, 2.75) is 71.8 Å². The van der Waals surface area contributed by atoms with Crippen molar-refractivity contribution in [3.8, 4) is 0 Å². The van der Waals surface area contributed by atoms with E-state index < -0.39 is 0 Å². The smallest absolute Gasteiger partial charge is 0.0334 e. The summed E-state index contributed by atoms with van der Waals surface area (Å²) in [6.45, 7) is 13.0. The number of nitrogens with zero attached hydrogens (tertiary/aromatic N) is 1. The van der Waals surface area contributed by atoms with Gasteiger partial charge in [-0.2, -0.15) is 0 Å². The van der Waals surface area contributed by atoms with E-state index in [0.717, 1.165) is 18.4 Å². The van der Waals surface area contributed by atoms with Crippen LogP contribution in [0.1, 0.15) is 66.2 Å². The molecular weight excluding hydrogens is 232 g/mol. The zero-order valence-corrected chi connectivity index (χ0v) is 13.5. The zero-order chi connectivity index (χ0) is 14.1. The molecule has 2 N–H and O–H groups in total. The predicted molar refractivity (Wildman–Crippen MR) is 83.2 cm³/mol. The summed E-state index contributed by atoms with van der Waals surface area (Å²) in [4.78, 5) is 2.78. The third-order valence-electron chi connectivity index (χ3n) is 6.73. The minimum atomic E-state index is 0.317. The van der Waals surface area contributed by atoms with Crippen molar-refractivity contribution in [2.75, 3.05) is 19.6 Å². The largest absolute Gasteiger partial charge is 0.329 e. The molecule has 0 bridgehead atoms. The molecule has 3 atom stereocenters. The molecule has 0 spiro atoms. The summed E-state index contributed by atoms with van der Waals surface area (Å²) in [7, 11) is 0. The number of hydrogen-bond acceptors (Lipinski definition) is 2. The molecule has 0 aromatic heterocycles. The molecule has 0 aromatic carbocycles. The first kappa shape index (κ1) is 15.3. The number of nitrogens with two attached hydrogens (primary N) is 1. The predicted octanol–water partition coefficient (Wildman–Crippen LogP) is 3.65. The summed E-state index contributed by atoms with van der Waals surface area (Å²) in [6.07, 6.45) is 8.03. The molecule has 1 aliphatic carbocycles. The van der Waals surface area contributed by atoms with Crippen molar-refractivity contribution in [1.82, 2.24) is 4.90 Å². The second kappa shape index (κ2) is 5.73. The molecule has 1 saturated carbocycles. The molecule has 1 heterocycles. The SMILES string of the molecule is CCC1(CC)CCN(C2(CN)CCC(C)C(C)C2)C1. The van der Waals surface area contributed by atoms with Crippen LogP contribution in [-0.4, -0.2) is 30.1 Å². The lowest BCUT2D eigenvalue weighted by atomic mass is 9.70. The Kier molecular flexibility index (Phi) is 4.62. The van der Waals surface area contributed by atoms with E-state index in [0.29, 0.717) is 11.0 Å². The van der Waals surface area contributed by atoms with Gasteiger partial charge in [0.05, 0.1) is 0 Å². The van der Waals surface area contributed by atoms with Gasteiger partial charge < -0.3 is 5.73 Å². The van der Waals surface area contributed by atoms with Gasteiger partial charge in [0, 0.05) is 18.6 Å². The van der Waals surface area contributed by atoms with E-state index in [4.69, 9.17) is 5.73 Å². The average Bonchev–Trinajstić information content (AvgIpc) is 2.88. The summed E-state index contributed by atoms with van der Waals surface area (Å²) in [5.74, 6) is 1.71. The summed E-state index contributed by atoms with van der Waals surface area (Å²) in [5.41, 5.74) is 7.15. The molecule has 2 nitrogen and oxygen atoms in total. The van der Waals surface area contributed by atoms with E-state index in [1.54, 1.807) is 0 Å². The van der Waals surface area contributed by atoms with Gasteiger partial charge in [0.2, 0.25) is 0 Å². The summed E-state index contributed by atoms with van der Waals surface area (Å²) >= 11 is 0. The summed E-state index contributed by atoms with van der Waals surface area (Å²) in [6, 6.07) is 0. The Morgan fingerprint density at radius 1 is 1.11 bits per heavy atom. The van der Waals surface area contributed by atoms with Gasteiger partial charge in [-0.3, -0.25) is 4.90 Å². The molecule has 0 amide bonds. The van der Waals surface area contributed by atoms with Crippen LogP contribution in [0.5, 0.6) is 0 Å². The second-order valence-electron chi connectivity index (χ2n) is 7.50. The second-order valence-corrected chi connectivity index (χ2v) is 7.50. The maximum atomic E-state index is 6.26.